The van der Waals surface area contributed by atoms with Crippen LogP contribution in [0.3, 0.4) is 0 Å². The van der Waals surface area contributed by atoms with E-state index < -0.39 is 38.1 Å². The number of benzene rings is 1. The van der Waals surface area contributed by atoms with Gasteiger partial charge in [-0.1, -0.05) is 6.07 Å². The third-order valence-corrected chi connectivity index (χ3v) is 4.71. The van der Waals surface area contributed by atoms with Crippen molar-refractivity contribution in [3.63, 3.8) is 0 Å². The summed E-state index contributed by atoms with van der Waals surface area (Å²) in [6.45, 7) is 1.02. The molecular weight excluding hydrogens is 349 g/mol. The molecule has 0 saturated heterocycles. The van der Waals surface area contributed by atoms with E-state index in [0.717, 1.165) is 35.9 Å². The topological polar surface area (TPSA) is 107 Å². The van der Waals surface area contributed by atoms with E-state index in [1.54, 1.807) is 4.72 Å². The molecule has 0 radical (unpaired) electrons. The Kier molecular flexibility index (Phi) is 4.31. The van der Waals surface area contributed by atoms with Gasteiger partial charge in [0.1, 0.15) is 11.5 Å². The third kappa shape index (κ3) is 3.35. The van der Waals surface area contributed by atoms with Gasteiger partial charge in [-0.3, -0.25) is 9.48 Å². The molecule has 1 aromatic carbocycles. The summed E-state index contributed by atoms with van der Waals surface area (Å²) in [6, 6.07) is 3.84. The van der Waals surface area contributed by atoms with Gasteiger partial charge >= 0.3 is 6.18 Å². The van der Waals surface area contributed by atoms with Crippen LogP contribution in [0.5, 0.6) is 0 Å². The minimum Gasteiger partial charge on any atom is -0.382 e. The first-order valence-electron chi connectivity index (χ1n) is 6.47. The second-order valence-corrected chi connectivity index (χ2v) is 6.59. The van der Waals surface area contributed by atoms with E-state index in [-0.39, 0.29) is 11.5 Å². The summed E-state index contributed by atoms with van der Waals surface area (Å²) in [4.78, 5) is 11.4. The van der Waals surface area contributed by atoms with E-state index in [1.165, 1.54) is 7.05 Å². The fraction of sp³-hybridized carbons (Fsp3) is 0.231. The van der Waals surface area contributed by atoms with Gasteiger partial charge in [0.2, 0.25) is 0 Å². The average Bonchev–Trinajstić information content (AvgIpc) is 2.76. The maximum absolute atomic E-state index is 12.9. The molecule has 0 unspecified atom stereocenters. The summed E-state index contributed by atoms with van der Waals surface area (Å²) in [6.07, 6.45) is -4.71. The van der Waals surface area contributed by atoms with Crippen LogP contribution in [0, 0.1) is 6.92 Å². The number of amides is 1. The van der Waals surface area contributed by atoms with Gasteiger partial charge in [-0.2, -0.15) is 18.3 Å². The Morgan fingerprint density at radius 3 is 2.46 bits per heavy atom. The lowest BCUT2D eigenvalue weighted by atomic mass is 10.1. The molecule has 0 aliphatic heterocycles. The summed E-state index contributed by atoms with van der Waals surface area (Å²) in [7, 11) is -3.14. The van der Waals surface area contributed by atoms with Crippen LogP contribution in [-0.2, 0) is 23.2 Å². The molecule has 7 nitrogen and oxygen atoms in total. The van der Waals surface area contributed by atoms with E-state index in [1.807, 2.05) is 0 Å². The zero-order valence-electron chi connectivity index (χ0n) is 12.5. The highest BCUT2D eigenvalue weighted by Crippen LogP contribution is 2.34. The summed E-state index contributed by atoms with van der Waals surface area (Å²) in [5.41, 5.74) is 3.65. The van der Waals surface area contributed by atoms with Gasteiger partial charge in [0.15, 0.2) is 0 Å². The zero-order valence-corrected chi connectivity index (χ0v) is 13.4. The Bertz CT molecular complexity index is 904. The van der Waals surface area contributed by atoms with Crippen LogP contribution in [0.15, 0.2) is 29.2 Å². The van der Waals surface area contributed by atoms with Crippen molar-refractivity contribution in [1.82, 2.24) is 14.5 Å². The number of hydrogen-bond donors (Lipinski definition) is 2. The van der Waals surface area contributed by atoms with E-state index in [9.17, 15) is 26.4 Å². The number of halogens is 3. The van der Waals surface area contributed by atoms with Crippen molar-refractivity contribution in [2.24, 2.45) is 7.05 Å². The molecule has 2 rings (SSSR count). The molecule has 0 saturated carbocycles. The second-order valence-electron chi connectivity index (χ2n) is 4.94. The van der Waals surface area contributed by atoms with Gasteiger partial charge in [0.05, 0.1) is 10.5 Å². The Morgan fingerprint density at radius 2 is 1.96 bits per heavy atom. The number of anilines is 1. The van der Waals surface area contributed by atoms with Gasteiger partial charge in [-0.15, -0.1) is 0 Å². The molecule has 24 heavy (non-hydrogen) atoms. The highest BCUT2D eigenvalue weighted by Gasteiger charge is 2.35. The number of nitrogens with zero attached hydrogens (tertiary/aromatic N) is 2. The average molecular weight is 362 g/mol. The molecule has 11 heteroatoms. The molecule has 1 heterocycles. The number of rotatable bonds is 3. The van der Waals surface area contributed by atoms with Crippen molar-refractivity contribution in [2.45, 2.75) is 18.0 Å². The van der Waals surface area contributed by atoms with E-state index in [0.29, 0.717) is 0 Å². The lowest BCUT2D eigenvalue weighted by Gasteiger charge is -2.14. The predicted octanol–water partition coefficient (Wildman–Crippen LogP) is 1.45. The number of aromatic nitrogens is 2. The smallest absolute Gasteiger partial charge is 0.382 e. The number of nitrogens with two attached hydrogens (primary N) is 1. The lowest BCUT2D eigenvalue weighted by molar-refractivity contribution is -0.138. The molecule has 0 spiro atoms. The molecule has 130 valence electrons. The SMILES string of the molecule is Cc1c(C(F)(F)F)cccc1S(=O)(=O)NC(=O)c1cc(N)nn1C. The van der Waals surface area contributed by atoms with Gasteiger partial charge in [-0.05, 0) is 24.6 Å². The number of aryl methyl sites for hydroxylation is 1. The van der Waals surface area contributed by atoms with Crippen LogP contribution in [0.2, 0.25) is 0 Å². The predicted molar refractivity (Wildman–Crippen MR) is 78.5 cm³/mol. The van der Waals surface area contributed by atoms with Crippen LogP contribution >= 0.6 is 0 Å². The molecule has 0 aliphatic carbocycles. The Morgan fingerprint density at radius 1 is 1.33 bits per heavy atom. The van der Waals surface area contributed by atoms with Crippen LogP contribution < -0.4 is 10.5 Å². The van der Waals surface area contributed by atoms with Crippen molar-refractivity contribution in [3.8, 4) is 0 Å². The zero-order chi connectivity index (χ0) is 18.3. The monoisotopic (exact) mass is 362 g/mol. The number of hydrogen-bond acceptors (Lipinski definition) is 5. The number of carbonyl (C=O) groups excluding carboxylic acids is 1. The van der Waals surface area contributed by atoms with Crippen LogP contribution in [-0.4, -0.2) is 24.1 Å². The molecule has 3 N–H and O–H groups in total. The molecule has 2 aromatic rings. The number of nitrogen functional groups attached to an aromatic ring is 1. The van der Waals surface area contributed by atoms with Crippen molar-refractivity contribution >= 4 is 21.7 Å². The highest BCUT2D eigenvalue weighted by atomic mass is 32.2. The summed E-state index contributed by atoms with van der Waals surface area (Å²) in [5.74, 6) is -1.06. The maximum atomic E-state index is 12.9. The Balaban J connectivity index is 2.42. The van der Waals surface area contributed by atoms with Crippen molar-refractivity contribution in [1.29, 1.82) is 0 Å². The summed E-state index contributed by atoms with van der Waals surface area (Å²) >= 11 is 0. The highest BCUT2D eigenvalue weighted by molar-refractivity contribution is 7.90. The van der Waals surface area contributed by atoms with Crippen molar-refractivity contribution in [2.75, 3.05) is 5.73 Å². The van der Waals surface area contributed by atoms with Gasteiger partial charge in [0.25, 0.3) is 15.9 Å². The fourth-order valence-electron chi connectivity index (χ4n) is 2.14. The van der Waals surface area contributed by atoms with Gasteiger partial charge in [-0.25, -0.2) is 13.1 Å². The van der Waals surface area contributed by atoms with Crippen LogP contribution in [0.1, 0.15) is 21.6 Å². The molecule has 1 aromatic heterocycles. The molecule has 1 amide bonds. The van der Waals surface area contributed by atoms with Crippen molar-refractivity contribution in [3.05, 3.63) is 41.1 Å². The Hall–Kier alpha value is -2.56. The van der Waals surface area contributed by atoms with E-state index >= 15 is 0 Å². The van der Waals surface area contributed by atoms with E-state index in [4.69, 9.17) is 5.73 Å². The normalized spacial score (nSPS) is 12.2. The molecule has 0 aliphatic rings. The van der Waals surface area contributed by atoms with E-state index in [2.05, 4.69) is 5.10 Å². The minimum absolute atomic E-state index is 0.00435. The minimum atomic E-state index is -4.71. The Labute approximate surface area is 135 Å². The first-order chi connectivity index (χ1) is 10.9. The molecule has 0 bridgehead atoms. The number of nitrogens with one attached hydrogen (secondary N) is 1. The summed E-state index contributed by atoms with van der Waals surface area (Å²) < 4.78 is 66.0. The number of carbonyl (C=O) groups is 1. The first-order valence-corrected chi connectivity index (χ1v) is 7.95. The van der Waals surface area contributed by atoms with Gasteiger partial charge < -0.3 is 5.73 Å². The largest absolute Gasteiger partial charge is 0.416 e. The second kappa shape index (κ2) is 5.82. The first kappa shape index (κ1) is 17.8. The third-order valence-electron chi connectivity index (χ3n) is 3.24. The van der Waals surface area contributed by atoms with Gasteiger partial charge in [0, 0.05) is 13.1 Å². The molecule has 0 atom stereocenters. The lowest BCUT2D eigenvalue weighted by Crippen LogP contribution is -2.32. The van der Waals surface area contributed by atoms with Crippen molar-refractivity contribution < 1.29 is 26.4 Å². The molecular formula is C13H13F3N4O3S. The standard InChI is InChI=1S/C13H13F3N4O3S/c1-7-8(13(14,15)16)4-3-5-10(7)24(22,23)19-12(21)9-6-11(17)18-20(9)2/h3-6H,1-2H3,(H2,17,18)(H,19,21). The summed E-state index contributed by atoms with van der Waals surface area (Å²) in [5, 5.41) is 3.69. The van der Waals surface area contributed by atoms with Crippen LogP contribution in [0.25, 0.3) is 0 Å². The number of sulfonamides is 1. The fourth-order valence-corrected chi connectivity index (χ4v) is 3.37. The maximum Gasteiger partial charge on any atom is 0.416 e. The quantitative estimate of drug-likeness (QED) is 0.859. The van der Waals surface area contributed by atoms with Crippen LogP contribution in [0.4, 0.5) is 19.0 Å². The number of alkyl halides is 3. The molecule has 0 fully saturated rings.